The van der Waals surface area contributed by atoms with Gasteiger partial charge in [0, 0.05) is 23.8 Å². The zero-order valence-corrected chi connectivity index (χ0v) is 8.70. The molecule has 3 nitrogen and oxygen atoms in total. The van der Waals surface area contributed by atoms with E-state index in [1.54, 1.807) is 24.4 Å². The number of hydrogen-bond donors (Lipinski definition) is 2. The summed E-state index contributed by atoms with van der Waals surface area (Å²) in [5.41, 5.74) is 6.34. The van der Waals surface area contributed by atoms with Gasteiger partial charge < -0.3 is 11.1 Å². The number of halogens is 1. The Morgan fingerprint density at radius 2 is 2.25 bits per heavy atom. The Bertz CT molecular complexity index is 537. The second-order valence-corrected chi connectivity index (χ2v) is 3.39. The fourth-order valence-corrected chi connectivity index (χ4v) is 1.59. The summed E-state index contributed by atoms with van der Waals surface area (Å²) in [4.78, 5) is 4.14. The number of nitrogens with zero attached hydrogens (tertiary/aromatic N) is 1. The fraction of sp³-hybridized carbons (Fsp3) is 0.0833. The molecule has 2 rings (SSSR count). The standard InChI is InChI=1S/C12H12FN3/c1-2-6-15-12-11-8(5-7-16-12)9(13)3-4-10(11)14/h2-5,7H,1,6,14H2,(H,15,16). The highest BCUT2D eigenvalue weighted by Gasteiger charge is 2.08. The van der Waals surface area contributed by atoms with Gasteiger partial charge in [-0.15, -0.1) is 6.58 Å². The van der Waals surface area contributed by atoms with Crippen LogP contribution in [0.15, 0.2) is 37.1 Å². The minimum absolute atomic E-state index is 0.298. The summed E-state index contributed by atoms with van der Waals surface area (Å²) in [7, 11) is 0. The molecule has 0 bridgehead atoms. The second kappa shape index (κ2) is 4.18. The summed E-state index contributed by atoms with van der Waals surface area (Å²) in [6.07, 6.45) is 3.26. The predicted molar refractivity (Wildman–Crippen MR) is 64.8 cm³/mol. The van der Waals surface area contributed by atoms with Crippen molar-refractivity contribution in [3.05, 3.63) is 42.9 Å². The number of nitrogens with one attached hydrogen (secondary N) is 1. The first-order chi connectivity index (χ1) is 7.74. The van der Waals surface area contributed by atoms with Gasteiger partial charge in [-0.2, -0.15) is 0 Å². The molecule has 0 aliphatic heterocycles. The normalized spacial score (nSPS) is 10.3. The second-order valence-electron chi connectivity index (χ2n) is 3.39. The van der Waals surface area contributed by atoms with Gasteiger partial charge in [-0.3, -0.25) is 0 Å². The molecule has 0 unspecified atom stereocenters. The number of rotatable bonds is 3. The maximum Gasteiger partial charge on any atom is 0.136 e. The first kappa shape index (κ1) is 10.4. The molecular formula is C12H12FN3. The highest BCUT2D eigenvalue weighted by molar-refractivity contribution is 6.01. The van der Waals surface area contributed by atoms with Gasteiger partial charge in [0.2, 0.25) is 0 Å². The maximum absolute atomic E-state index is 13.5. The van der Waals surface area contributed by atoms with E-state index in [0.717, 1.165) is 0 Å². The number of nitrogens with two attached hydrogens (primary N) is 1. The van der Waals surface area contributed by atoms with Crippen molar-refractivity contribution in [2.24, 2.45) is 0 Å². The Morgan fingerprint density at radius 1 is 1.44 bits per heavy atom. The third-order valence-corrected chi connectivity index (χ3v) is 2.32. The van der Waals surface area contributed by atoms with E-state index in [0.29, 0.717) is 28.8 Å². The highest BCUT2D eigenvalue weighted by Crippen LogP contribution is 2.28. The third kappa shape index (κ3) is 1.69. The van der Waals surface area contributed by atoms with Crippen molar-refractivity contribution in [1.29, 1.82) is 0 Å². The van der Waals surface area contributed by atoms with Crippen LogP contribution in [0.4, 0.5) is 15.9 Å². The van der Waals surface area contributed by atoms with E-state index in [9.17, 15) is 4.39 Å². The average Bonchev–Trinajstić information content (AvgIpc) is 2.31. The smallest absolute Gasteiger partial charge is 0.136 e. The molecule has 0 aliphatic carbocycles. The number of anilines is 2. The molecule has 0 amide bonds. The summed E-state index contributed by atoms with van der Waals surface area (Å²) >= 11 is 0. The van der Waals surface area contributed by atoms with Crippen LogP contribution in [-0.4, -0.2) is 11.5 Å². The molecule has 0 saturated heterocycles. The van der Waals surface area contributed by atoms with Crippen LogP contribution in [0.3, 0.4) is 0 Å². The molecule has 3 N–H and O–H groups in total. The van der Waals surface area contributed by atoms with Crippen LogP contribution in [0.2, 0.25) is 0 Å². The Kier molecular flexibility index (Phi) is 2.72. The molecular weight excluding hydrogens is 205 g/mol. The topological polar surface area (TPSA) is 50.9 Å². The van der Waals surface area contributed by atoms with Gasteiger partial charge in [0.15, 0.2) is 0 Å². The van der Waals surface area contributed by atoms with Crippen molar-refractivity contribution in [1.82, 2.24) is 4.98 Å². The molecule has 1 heterocycles. The van der Waals surface area contributed by atoms with Gasteiger partial charge in [0.05, 0.1) is 5.39 Å². The molecule has 0 saturated carbocycles. The first-order valence-electron chi connectivity index (χ1n) is 4.91. The number of fused-ring (bicyclic) bond motifs is 1. The van der Waals surface area contributed by atoms with Crippen LogP contribution in [-0.2, 0) is 0 Å². The lowest BCUT2D eigenvalue weighted by Gasteiger charge is -2.09. The van der Waals surface area contributed by atoms with Crippen molar-refractivity contribution in [3.8, 4) is 0 Å². The number of hydrogen-bond acceptors (Lipinski definition) is 3. The van der Waals surface area contributed by atoms with Gasteiger partial charge in [-0.25, -0.2) is 9.37 Å². The molecule has 1 aromatic heterocycles. The van der Waals surface area contributed by atoms with Crippen LogP contribution in [0.5, 0.6) is 0 Å². The van der Waals surface area contributed by atoms with E-state index < -0.39 is 0 Å². The lowest BCUT2D eigenvalue weighted by molar-refractivity contribution is 0.640. The first-order valence-corrected chi connectivity index (χ1v) is 4.91. The summed E-state index contributed by atoms with van der Waals surface area (Å²) in [6, 6.07) is 4.51. The van der Waals surface area contributed by atoms with E-state index >= 15 is 0 Å². The van der Waals surface area contributed by atoms with Crippen LogP contribution < -0.4 is 11.1 Å². The Labute approximate surface area is 92.8 Å². The Morgan fingerprint density at radius 3 is 3.00 bits per heavy atom. The van der Waals surface area contributed by atoms with Crippen molar-refractivity contribution in [2.75, 3.05) is 17.6 Å². The fourth-order valence-electron chi connectivity index (χ4n) is 1.59. The average molecular weight is 217 g/mol. The zero-order valence-electron chi connectivity index (χ0n) is 8.70. The molecule has 82 valence electrons. The largest absolute Gasteiger partial charge is 0.398 e. The van der Waals surface area contributed by atoms with E-state index in [1.165, 1.54) is 6.07 Å². The minimum Gasteiger partial charge on any atom is -0.398 e. The molecule has 2 aromatic rings. The SMILES string of the molecule is C=CCNc1nccc2c(F)ccc(N)c12. The van der Waals surface area contributed by atoms with Crippen LogP contribution in [0.1, 0.15) is 0 Å². The molecule has 0 aliphatic rings. The summed E-state index contributed by atoms with van der Waals surface area (Å²) in [6.45, 7) is 4.16. The lowest BCUT2D eigenvalue weighted by Crippen LogP contribution is -2.02. The van der Waals surface area contributed by atoms with Gasteiger partial charge in [-0.05, 0) is 18.2 Å². The highest BCUT2D eigenvalue weighted by atomic mass is 19.1. The molecule has 0 fully saturated rings. The minimum atomic E-state index is -0.298. The van der Waals surface area contributed by atoms with E-state index in [-0.39, 0.29) is 5.82 Å². The van der Waals surface area contributed by atoms with Gasteiger partial charge in [0.25, 0.3) is 0 Å². The summed E-state index contributed by atoms with van der Waals surface area (Å²) in [5.74, 6) is 0.280. The number of pyridine rings is 1. The van der Waals surface area contributed by atoms with Gasteiger partial charge >= 0.3 is 0 Å². The lowest BCUT2D eigenvalue weighted by atomic mass is 10.1. The summed E-state index contributed by atoms with van der Waals surface area (Å²) < 4.78 is 13.5. The van der Waals surface area contributed by atoms with Crippen molar-refractivity contribution >= 4 is 22.3 Å². The zero-order chi connectivity index (χ0) is 11.5. The molecule has 16 heavy (non-hydrogen) atoms. The van der Waals surface area contributed by atoms with Crippen molar-refractivity contribution in [2.45, 2.75) is 0 Å². The maximum atomic E-state index is 13.5. The molecule has 0 spiro atoms. The van der Waals surface area contributed by atoms with Crippen LogP contribution in [0, 0.1) is 5.82 Å². The molecule has 0 atom stereocenters. The Balaban J connectivity index is 2.65. The van der Waals surface area contributed by atoms with E-state index in [4.69, 9.17) is 5.73 Å². The quantitative estimate of drug-likeness (QED) is 0.613. The molecule has 1 aromatic carbocycles. The van der Waals surface area contributed by atoms with Gasteiger partial charge in [-0.1, -0.05) is 6.08 Å². The monoisotopic (exact) mass is 217 g/mol. The van der Waals surface area contributed by atoms with Crippen LogP contribution >= 0.6 is 0 Å². The number of aromatic nitrogens is 1. The van der Waals surface area contributed by atoms with Crippen molar-refractivity contribution < 1.29 is 4.39 Å². The Hall–Kier alpha value is -2.10. The number of benzene rings is 1. The molecule has 4 heteroatoms. The van der Waals surface area contributed by atoms with Crippen LogP contribution in [0.25, 0.3) is 10.8 Å². The van der Waals surface area contributed by atoms with E-state index in [1.807, 2.05) is 0 Å². The van der Waals surface area contributed by atoms with E-state index in [2.05, 4.69) is 16.9 Å². The third-order valence-electron chi connectivity index (χ3n) is 2.32. The summed E-state index contributed by atoms with van der Waals surface area (Å²) in [5, 5.41) is 4.12. The van der Waals surface area contributed by atoms with Crippen molar-refractivity contribution in [3.63, 3.8) is 0 Å². The van der Waals surface area contributed by atoms with Gasteiger partial charge in [0.1, 0.15) is 11.6 Å². The molecule has 0 radical (unpaired) electrons. The predicted octanol–water partition coefficient (Wildman–Crippen LogP) is 2.55. The number of nitrogen functional groups attached to an aromatic ring is 1.